The van der Waals surface area contributed by atoms with Gasteiger partial charge in [-0.3, -0.25) is 9.78 Å². The Bertz CT molecular complexity index is 690. The smallest absolute Gasteiger partial charge is 0.272 e. The Hall–Kier alpha value is -2.16. The van der Waals surface area contributed by atoms with Gasteiger partial charge in [-0.15, -0.1) is 0 Å². The molecule has 2 aromatic rings. The molecule has 1 aromatic carbocycles. The predicted octanol–water partition coefficient (Wildman–Crippen LogP) is 2.55. The SMILES string of the molecule is CCOc1cc(/C=N/NC(=O)c2cccnc2)cc(I)c1O. The standard InChI is InChI=1S/C15H14IN3O3/c1-2-22-13-7-10(6-12(16)14(13)20)8-18-19-15(21)11-4-3-5-17-9-11/h3-9,20H,2H2,1H3,(H,19,21)/b18-8+. The summed E-state index contributed by atoms with van der Waals surface area (Å²) in [6, 6.07) is 6.71. The number of hydrogen-bond acceptors (Lipinski definition) is 5. The second kappa shape index (κ2) is 7.74. The van der Waals surface area contributed by atoms with Crippen molar-refractivity contribution >= 4 is 34.7 Å². The summed E-state index contributed by atoms with van der Waals surface area (Å²) in [5.41, 5.74) is 3.55. The maximum absolute atomic E-state index is 11.8. The molecule has 0 unspecified atom stereocenters. The molecule has 1 heterocycles. The van der Waals surface area contributed by atoms with Gasteiger partial charge < -0.3 is 9.84 Å². The van der Waals surface area contributed by atoms with Gasteiger partial charge in [-0.05, 0) is 59.3 Å². The van der Waals surface area contributed by atoms with Gasteiger partial charge in [0.25, 0.3) is 5.91 Å². The van der Waals surface area contributed by atoms with Gasteiger partial charge in [0.15, 0.2) is 11.5 Å². The molecule has 0 saturated heterocycles. The van der Waals surface area contributed by atoms with Crippen molar-refractivity contribution in [3.8, 4) is 11.5 Å². The lowest BCUT2D eigenvalue weighted by molar-refractivity contribution is 0.0955. The number of pyridine rings is 1. The van der Waals surface area contributed by atoms with Gasteiger partial charge >= 0.3 is 0 Å². The summed E-state index contributed by atoms with van der Waals surface area (Å²) in [5.74, 6) is 0.135. The van der Waals surface area contributed by atoms with Crippen molar-refractivity contribution in [2.45, 2.75) is 6.92 Å². The molecule has 0 atom stereocenters. The molecule has 1 amide bonds. The lowest BCUT2D eigenvalue weighted by Gasteiger charge is -2.08. The Kier molecular flexibility index (Phi) is 5.70. The van der Waals surface area contributed by atoms with Gasteiger partial charge in [0.05, 0.1) is 22.0 Å². The molecule has 2 N–H and O–H groups in total. The number of hydrogen-bond donors (Lipinski definition) is 2. The van der Waals surface area contributed by atoms with Crippen molar-refractivity contribution in [2.75, 3.05) is 6.61 Å². The fraction of sp³-hybridized carbons (Fsp3) is 0.133. The lowest BCUT2D eigenvalue weighted by atomic mass is 10.2. The lowest BCUT2D eigenvalue weighted by Crippen LogP contribution is -2.17. The van der Waals surface area contributed by atoms with Crippen molar-refractivity contribution in [3.63, 3.8) is 0 Å². The molecule has 0 fully saturated rings. The fourth-order valence-electron chi connectivity index (χ4n) is 1.66. The zero-order valence-electron chi connectivity index (χ0n) is 11.8. The highest BCUT2D eigenvalue weighted by Gasteiger charge is 2.08. The molecule has 0 spiro atoms. The summed E-state index contributed by atoms with van der Waals surface area (Å²) < 4.78 is 5.99. The maximum atomic E-state index is 11.8. The molecule has 6 nitrogen and oxygen atoms in total. The zero-order chi connectivity index (χ0) is 15.9. The molecule has 0 aliphatic carbocycles. The van der Waals surface area contributed by atoms with Gasteiger partial charge in [0.2, 0.25) is 0 Å². The van der Waals surface area contributed by atoms with E-state index >= 15 is 0 Å². The largest absolute Gasteiger partial charge is 0.504 e. The van der Waals surface area contributed by atoms with Crippen LogP contribution in [0.25, 0.3) is 0 Å². The number of carbonyl (C=O) groups is 1. The molecule has 0 aliphatic heterocycles. The number of benzene rings is 1. The molecule has 0 bridgehead atoms. The Labute approximate surface area is 141 Å². The van der Waals surface area contributed by atoms with Crippen LogP contribution in [0, 0.1) is 3.57 Å². The summed E-state index contributed by atoms with van der Waals surface area (Å²) in [4.78, 5) is 15.7. The molecule has 2 rings (SSSR count). The quantitative estimate of drug-likeness (QED) is 0.450. The van der Waals surface area contributed by atoms with Crippen LogP contribution in [0.4, 0.5) is 0 Å². The second-order valence-electron chi connectivity index (χ2n) is 4.22. The number of amides is 1. The van der Waals surface area contributed by atoms with Gasteiger partial charge in [-0.1, -0.05) is 0 Å². The van der Waals surface area contributed by atoms with E-state index in [0.29, 0.717) is 27.1 Å². The molecular weight excluding hydrogens is 397 g/mol. The van der Waals surface area contributed by atoms with E-state index in [4.69, 9.17) is 4.74 Å². The van der Waals surface area contributed by atoms with Gasteiger partial charge in [0.1, 0.15) is 0 Å². The first kappa shape index (κ1) is 16.2. The molecule has 22 heavy (non-hydrogen) atoms. The zero-order valence-corrected chi connectivity index (χ0v) is 13.9. The number of aromatic hydroxyl groups is 1. The molecular formula is C15H14IN3O3. The van der Waals surface area contributed by atoms with Crippen molar-refractivity contribution in [1.29, 1.82) is 0 Å². The Morgan fingerprint density at radius 1 is 1.55 bits per heavy atom. The van der Waals surface area contributed by atoms with Crippen molar-refractivity contribution in [2.24, 2.45) is 5.10 Å². The van der Waals surface area contributed by atoms with E-state index in [1.165, 1.54) is 12.4 Å². The number of ether oxygens (including phenoxy) is 1. The summed E-state index contributed by atoms with van der Waals surface area (Å²) in [6.07, 6.45) is 4.54. The Morgan fingerprint density at radius 3 is 3.05 bits per heavy atom. The Balaban J connectivity index is 2.09. The number of halogens is 1. The summed E-state index contributed by atoms with van der Waals surface area (Å²) in [5, 5.41) is 13.8. The topological polar surface area (TPSA) is 83.8 Å². The molecule has 114 valence electrons. The van der Waals surface area contributed by atoms with Crippen molar-refractivity contribution < 1.29 is 14.6 Å². The molecule has 0 radical (unpaired) electrons. The number of nitrogens with one attached hydrogen (secondary N) is 1. The van der Waals surface area contributed by atoms with E-state index in [2.05, 4.69) is 15.5 Å². The van der Waals surface area contributed by atoms with Crippen LogP contribution < -0.4 is 10.2 Å². The first-order valence-electron chi connectivity index (χ1n) is 6.50. The first-order valence-corrected chi connectivity index (χ1v) is 7.58. The minimum Gasteiger partial charge on any atom is -0.504 e. The number of rotatable bonds is 5. The Morgan fingerprint density at radius 2 is 2.36 bits per heavy atom. The van der Waals surface area contributed by atoms with Crippen LogP contribution in [0.2, 0.25) is 0 Å². The highest BCUT2D eigenvalue weighted by Crippen LogP contribution is 2.32. The normalized spacial score (nSPS) is 10.6. The maximum Gasteiger partial charge on any atom is 0.272 e. The van der Waals surface area contributed by atoms with Crippen LogP contribution in [0.5, 0.6) is 11.5 Å². The summed E-state index contributed by atoms with van der Waals surface area (Å²) >= 11 is 2.00. The number of aromatic nitrogens is 1. The van der Waals surface area contributed by atoms with Crippen LogP contribution >= 0.6 is 22.6 Å². The number of hydrazone groups is 1. The number of phenols is 1. The summed E-state index contributed by atoms with van der Waals surface area (Å²) in [6.45, 7) is 2.28. The highest BCUT2D eigenvalue weighted by molar-refractivity contribution is 14.1. The van der Waals surface area contributed by atoms with Crippen LogP contribution in [0.1, 0.15) is 22.8 Å². The molecule has 1 aromatic heterocycles. The predicted molar refractivity (Wildman–Crippen MR) is 91.3 cm³/mol. The van der Waals surface area contributed by atoms with Gasteiger partial charge in [-0.25, -0.2) is 5.43 Å². The third-order valence-corrected chi connectivity index (χ3v) is 3.48. The van der Waals surface area contributed by atoms with Crippen LogP contribution in [0.15, 0.2) is 41.8 Å². The minimum absolute atomic E-state index is 0.0963. The number of carbonyl (C=O) groups excluding carboxylic acids is 1. The average molecular weight is 411 g/mol. The van der Waals surface area contributed by atoms with E-state index in [1.807, 2.05) is 29.5 Å². The number of phenolic OH excluding ortho intramolecular Hbond substituents is 1. The van der Waals surface area contributed by atoms with E-state index in [9.17, 15) is 9.90 Å². The highest BCUT2D eigenvalue weighted by atomic mass is 127. The van der Waals surface area contributed by atoms with E-state index in [0.717, 1.165) is 0 Å². The average Bonchev–Trinajstić information content (AvgIpc) is 2.53. The van der Waals surface area contributed by atoms with Crippen molar-refractivity contribution in [3.05, 3.63) is 51.4 Å². The van der Waals surface area contributed by atoms with Crippen LogP contribution in [0.3, 0.4) is 0 Å². The summed E-state index contributed by atoms with van der Waals surface area (Å²) in [7, 11) is 0. The first-order chi connectivity index (χ1) is 10.6. The van der Waals surface area contributed by atoms with Crippen LogP contribution in [-0.2, 0) is 0 Å². The number of nitrogens with zero attached hydrogens (tertiary/aromatic N) is 2. The second-order valence-corrected chi connectivity index (χ2v) is 5.39. The molecule has 7 heteroatoms. The monoisotopic (exact) mass is 411 g/mol. The van der Waals surface area contributed by atoms with Gasteiger partial charge in [0, 0.05) is 12.4 Å². The van der Waals surface area contributed by atoms with E-state index in [-0.39, 0.29) is 11.7 Å². The fourth-order valence-corrected chi connectivity index (χ4v) is 2.29. The van der Waals surface area contributed by atoms with Crippen molar-refractivity contribution in [1.82, 2.24) is 10.4 Å². The molecule has 0 aliphatic rings. The molecule has 0 saturated carbocycles. The van der Waals surface area contributed by atoms with E-state index in [1.54, 1.807) is 30.5 Å². The van der Waals surface area contributed by atoms with Gasteiger partial charge in [-0.2, -0.15) is 5.10 Å². The third kappa shape index (κ3) is 4.17. The van der Waals surface area contributed by atoms with Crippen LogP contribution in [-0.4, -0.2) is 28.8 Å². The minimum atomic E-state index is -0.345. The van der Waals surface area contributed by atoms with E-state index < -0.39 is 0 Å². The third-order valence-electron chi connectivity index (χ3n) is 2.65.